The van der Waals surface area contributed by atoms with E-state index in [1.165, 1.54) is 101 Å². The fourth-order valence-corrected chi connectivity index (χ4v) is 6.89. The molecule has 2 rings (SSSR count). The van der Waals surface area contributed by atoms with Crippen molar-refractivity contribution in [2.24, 2.45) is 0 Å². The van der Waals surface area contributed by atoms with Crippen molar-refractivity contribution in [1.82, 2.24) is 0 Å². The first-order valence-electron chi connectivity index (χ1n) is 12.3. The molecular formula is C28H43P. The van der Waals surface area contributed by atoms with E-state index in [4.69, 9.17) is 0 Å². The second-order valence-corrected chi connectivity index (χ2v) is 10.9. The molecule has 1 heteroatoms. The van der Waals surface area contributed by atoms with Crippen LogP contribution in [0, 0.1) is 0 Å². The van der Waals surface area contributed by atoms with Crippen LogP contribution in [0.3, 0.4) is 0 Å². The molecule has 0 fully saturated rings. The fourth-order valence-electron chi connectivity index (χ4n) is 4.13. The van der Waals surface area contributed by atoms with Crippen molar-refractivity contribution in [3.8, 4) is 11.1 Å². The first kappa shape index (κ1) is 24.1. The van der Waals surface area contributed by atoms with Gasteiger partial charge in [-0.25, -0.2) is 0 Å². The maximum atomic E-state index is 2.43. The first-order chi connectivity index (χ1) is 14.4. The van der Waals surface area contributed by atoms with E-state index in [0.717, 1.165) is 0 Å². The molecule has 0 nitrogen and oxygen atoms in total. The van der Waals surface area contributed by atoms with Crippen molar-refractivity contribution < 1.29 is 0 Å². The summed E-state index contributed by atoms with van der Waals surface area (Å²) in [4.78, 5) is 0. The Morgan fingerprint density at radius 3 is 1.59 bits per heavy atom. The summed E-state index contributed by atoms with van der Waals surface area (Å²) in [6, 6.07) is 20.3. The van der Waals surface area contributed by atoms with Gasteiger partial charge in [-0.3, -0.25) is 0 Å². The molecular weight excluding hydrogens is 367 g/mol. The molecule has 0 radical (unpaired) electrons. The van der Waals surface area contributed by atoms with E-state index in [-0.39, 0.29) is 7.92 Å². The van der Waals surface area contributed by atoms with Crippen LogP contribution in [0.1, 0.15) is 90.9 Å². The number of unbranched alkanes of at least 4 members (excludes halogenated alkanes) is 10. The van der Waals surface area contributed by atoms with Gasteiger partial charge in [-0.1, -0.05) is 141 Å². The van der Waals surface area contributed by atoms with Gasteiger partial charge in [-0.15, -0.1) is 0 Å². The summed E-state index contributed by atoms with van der Waals surface area (Å²) in [5.41, 5.74) is 2.87. The highest BCUT2D eigenvalue weighted by Gasteiger charge is 2.15. The Morgan fingerprint density at radius 2 is 1.00 bits per heavy atom. The first-order valence-corrected chi connectivity index (χ1v) is 14.0. The van der Waals surface area contributed by atoms with Gasteiger partial charge in [0.1, 0.15) is 0 Å². The Morgan fingerprint density at radius 1 is 0.517 bits per heavy atom. The lowest BCUT2D eigenvalue weighted by molar-refractivity contribution is 0.622. The van der Waals surface area contributed by atoms with Crippen molar-refractivity contribution in [1.29, 1.82) is 0 Å². The molecule has 0 saturated carbocycles. The van der Waals surface area contributed by atoms with Crippen LogP contribution in [0.5, 0.6) is 0 Å². The van der Waals surface area contributed by atoms with E-state index in [2.05, 4.69) is 68.4 Å². The van der Waals surface area contributed by atoms with Gasteiger partial charge < -0.3 is 0 Å². The summed E-state index contributed by atoms with van der Waals surface area (Å²) in [7, 11) is -0.0492. The smallest absolute Gasteiger partial charge is 0.0107 e. The van der Waals surface area contributed by atoms with Crippen molar-refractivity contribution in [2.45, 2.75) is 90.9 Å². The van der Waals surface area contributed by atoms with E-state index in [9.17, 15) is 0 Å². The van der Waals surface area contributed by atoms with Crippen LogP contribution in [0.2, 0.25) is 0 Å². The lowest BCUT2D eigenvalue weighted by atomic mass is 10.1. The van der Waals surface area contributed by atoms with Crippen LogP contribution in [-0.4, -0.2) is 12.3 Å². The third-order valence-electron chi connectivity index (χ3n) is 5.89. The summed E-state index contributed by atoms with van der Waals surface area (Å²) in [5.74, 6) is 0. The van der Waals surface area contributed by atoms with Gasteiger partial charge in [0, 0.05) is 0 Å². The lowest BCUT2D eigenvalue weighted by Gasteiger charge is -2.22. The third kappa shape index (κ3) is 9.48. The predicted molar refractivity (Wildman–Crippen MR) is 135 cm³/mol. The second kappa shape index (κ2) is 15.7. The third-order valence-corrected chi connectivity index (χ3v) is 8.68. The molecule has 29 heavy (non-hydrogen) atoms. The highest BCUT2D eigenvalue weighted by atomic mass is 31.1. The monoisotopic (exact) mass is 410 g/mol. The van der Waals surface area contributed by atoms with Crippen LogP contribution in [0.15, 0.2) is 54.6 Å². The summed E-state index contributed by atoms with van der Waals surface area (Å²) in [6.45, 7) is 4.61. The topological polar surface area (TPSA) is 0 Å². The van der Waals surface area contributed by atoms with Gasteiger partial charge in [-0.2, -0.15) is 0 Å². The quantitative estimate of drug-likeness (QED) is 0.191. The molecule has 0 atom stereocenters. The summed E-state index contributed by atoms with van der Waals surface area (Å²) in [6.07, 6.45) is 19.7. The zero-order valence-corrected chi connectivity index (χ0v) is 19.9. The minimum absolute atomic E-state index is 0.0492. The SMILES string of the molecule is CCCCCCCCP(CCCCCCCC)c1ccccc1-c1ccccc1. The molecule has 0 heterocycles. The largest absolute Gasteiger partial charge is 0.0746 e. The lowest BCUT2D eigenvalue weighted by Crippen LogP contribution is -2.10. The standard InChI is InChI=1S/C28H43P/c1-3-5-7-9-11-18-24-29(25-19-12-10-8-6-4-2)28-23-17-16-22-27(28)26-20-14-13-15-21-26/h13-17,20-23H,3-12,18-19,24-25H2,1-2H3. The van der Waals surface area contributed by atoms with Gasteiger partial charge in [-0.05, 0) is 41.6 Å². The molecule has 0 aromatic heterocycles. The molecule has 0 N–H and O–H groups in total. The highest BCUT2D eigenvalue weighted by molar-refractivity contribution is 7.65. The maximum absolute atomic E-state index is 2.43. The molecule has 0 bridgehead atoms. The highest BCUT2D eigenvalue weighted by Crippen LogP contribution is 2.40. The Labute approximate surface area is 182 Å². The van der Waals surface area contributed by atoms with Crippen molar-refractivity contribution in [3.05, 3.63) is 54.6 Å². The molecule has 0 spiro atoms. The minimum atomic E-state index is -0.0492. The van der Waals surface area contributed by atoms with Gasteiger partial charge >= 0.3 is 0 Å². The summed E-state index contributed by atoms with van der Waals surface area (Å²) in [5, 5.41) is 1.65. The fraction of sp³-hybridized carbons (Fsp3) is 0.571. The van der Waals surface area contributed by atoms with Gasteiger partial charge in [0.05, 0.1) is 0 Å². The second-order valence-electron chi connectivity index (χ2n) is 8.41. The van der Waals surface area contributed by atoms with E-state index >= 15 is 0 Å². The molecule has 0 aliphatic rings. The van der Waals surface area contributed by atoms with Crippen LogP contribution in [0.4, 0.5) is 0 Å². The molecule has 0 amide bonds. The number of hydrogen-bond acceptors (Lipinski definition) is 0. The Hall–Kier alpha value is -1.13. The average Bonchev–Trinajstić information content (AvgIpc) is 2.77. The maximum Gasteiger partial charge on any atom is -0.0107 e. The normalized spacial score (nSPS) is 11.3. The molecule has 2 aromatic rings. The van der Waals surface area contributed by atoms with Crippen molar-refractivity contribution in [3.63, 3.8) is 0 Å². The molecule has 0 unspecified atom stereocenters. The van der Waals surface area contributed by atoms with E-state index in [0.29, 0.717) is 0 Å². The zero-order chi connectivity index (χ0) is 20.6. The Bertz CT molecular complexity index is 618. The Balaban J connectivity index is 2.00. The predicted octanol–water partition coefficient (Wildman–Crippen LogP) is 9.18. The van der Waals surface area contributed by atoms with Crippen LogP contribution < -0.4 is 5.30 Å². The van der Waals surface area contributed by atoms with Gasteiger partial charge in [0.15, 0.2) is 0 Å². The zero-order valence-electron chi connectivity index (χ0n) is 19.0. The van der Waals surface area contributed by atoms with E-state index in [1.807, 2.05) is 0 Å². The Kier molecular flexibility index (Phi) is 13.1. The van der Waals surface area contributed by atoms with E-state index < -0.39 is 0 Å². The molecule has 0 saturated heterocycles. The molecule has 0 aliphatic heterocycles. The van der Waals surface area contributed by atoms with Crippen LogP contribution >= 0.6 is 7.92 Å². The molecule has 0 aliphatic carbocycles. The number of benzene rings is 2. The average molecular weight is 411 g/mol. The number of hydrogen-bond donors (Lipinski definition) is 0. The van der Waals surface area contributed by atoms with Gasteiger partial charge in [0.2, 0.25) is 0 Å². The van der Waals surface area contributed by atoms with Crippen molar-refractivity contribution >= 4 is 13.2 Å². The molecule has 2 aromatic carbocycles. The van der Waals surface area contributed by atoms with E-state index in [1.54, 1.807) is 5.30 Å². The summed E-state index contributed by atoms with van der Waals surface area (Å²) >= 11 is 0. The van der Waals surface area contributed by atoms with Crippen LogP contribution in [0.25, 0.3) is 11.1 Å². The molecule has 160 valence electrons. The van der Waals surface area contributed by atoms with Crippen molar-refractivity contribution in [2.75, 3.05) is 12.3 Å². The number of rotatable bonds is 16. The van der Waals surface area contributed by atoms with Crippen LogP contribution in [-0.2, 0) is 0 Å². The summed E-state index contributed by atoms with van der Waals surface area (Å²) < 4.78 is 0. The van der Waals surface area contributed by atoms with Gasteiger partial charge in [0.25, 0.3) is 0 Å². The minimum Gasteiger partial charge on any atom is -0.0746 e.